The average molecular weight is 268 g/mol. The summed E-state index contributed by atoms with van der Waals surface area (Å²) in [4.78, 5) is 14.4. The zero-order valence-electron chi connectivity index (χ0n) is 10.8. The maximum Gasteiger partial charge on any atom is 0.256 e. The van der Waals surface area contributed by atoms with Crippen LogP contribution in [0.2, 0.25) is 0 Å². The predicted molar refractivity (Wildman–Crippen MR) is 70.9 cm³/mol. The lowest BCUT2D eigenvalue weighted by Gasteiger charge is -2.37. The fraction of sp³-hybridized carbons (Fsp3) is 0.615. The fourth-order valence-corrected chi connectivity index (χ4v) is 2.34. The van der Waals surface area contributed by atoms with E-state index in [9.17, 15) is 4.79 Å². The van der Waals surface area contributed by atoms with Crippen LogP contribution in [0, 0.1) is 13.8 Å². The van der Waals surface area contributed by atoms with Crippen LogP contribution in [0.1, 0.15) is 41.0 Å². The molecule has 1 aromatic heterocycles. The van der Waals surface area contributed by atoms with E-state index in [0.717, 1.165) is 18.5 Å². The minimum Gasteiger partial charge on any atom is -0.334 e. The Morgan fingerprint density at radius 2 is 2.17 bits per heavy atom. The molecule has 0 aliphatic heterocycles. The highest BCUT2D eigenvalue weighted by molar-refractivity contribution is 6.18. The van der Waals surface area contributed by atoms with Gasteiger partial charge >= 0.3 is 0 Å². The van der Waals surface area contributed by atoms with Gasteiger partial charge in [0.15, 0.2) is 0 Å². The van der Waals surface area contributed by atoms with Crippen molar-refractivity contribution >= 4 is 17.5 Å². The van der Waals surface area contributed by atoms with Crippen molar-refractivity contribution in [3.63, 3.8) is 0 Å². The molecule has 0 bridgehead atoms. The highest BCUT2D eigenvalue weighted by Crippen LogP contribution is 2.26. The SMILES string of the molecule is Cc1cc(C(=O)N(CCCl)C2CCC2)c(C)nn1. The van der Waals surface area contributed by atoms with Crippen LogP contribution >= 0.6 is 11.6 Å². The van der Waals surface area contributed by atoms with Crippen molar-refractivity contribution in [2.75, 3.05) is 12.4 Å². The normalized spacial score (nSPS) is 15.3. The number of rotatable bonds is 4. The van der Waals surface area contributed by atoms with Gasteiger partial charge in [0.1, 0.15) is 0 Å². The number of hydrogen-bond donors (Lipinski definition) is 0. The first kappa shape index (κ1) is 13.3. The molecule has 0 spiro atoms. The molecular formula is C13H18ClN3O. The summed E-state index contributed by atoms with van der Waals surface area (Å²) in [6, 6.07) is 2.16. The maximum absolute atomic E-state index is 12.5. The molecule has 0 atom stereocenters. The van der Waals surface area contributed by atoms with E-state index in [1.165, 1.54) is 6.42 Å². The summed E-state index contributed by atoms with van der Waals surface area (Å²) in [5.41, 5.74) is 2.10. The smallest absolute Gasteiger partial charge is 0.256 e. The second-order valence-corrected chi connectivity index (χ2v) is 5.14. The Morgan fingerprint density at radius 1 is 1.44 bits per heavy atom. The van der Waals surface area contributed by atoms with Gasteiger partial charge in [0.05, 0.1) is 17.0 Å². The number of halogens is 1. The number of alkyl halides is 1. The van der Waals surface area contributed by atoms with Crippen LogP contribution < -0.4 is 0 Å². The van der Waals surface area contributed by atoms with Gasteiger partial charge < -0.3 is 4.90 Å². The van der Waals surface area contributed by atoms with Gasteiger partial charge in [-0.05, 0) is 39.2 Å². The summed E-state index contributed by atoms with van der Waals surface area (Å²) in [6.45, 7) is 4.27. The summed E-state index contributed by atoms with van der Waals surface area (Å²) >= 11 is 5.80. The van der Waals surface area contributed by atoms with E-state index >= 15 is 0 Å². The first-order valence-corrected chi connectivity index (χ1v) is 6.85. The van der Waals surface area contributed by atoms with Crippen LogP contribution in [0.4, 0.5) is 0 Å². The quantitative estimate of drug-likeness (QED) is 0.787. The van der Waals surface area contributed by atoms with Crippen molar-refractivity contribution in [1.82, 2.24) is 15.1 Å². The molecule has 1 heterocycles. The van der Waals surface area contributed by atoms with Crippen LogP contribution in [0.25, 0.3) is 0 Å². The molecule has 0 radical (unpaired) electrons. The first-order chi connectivity index (χ1) is 8.63. The number of carbonyl (C=O) groups is 1. The van der Waals surface area contributed by atoms with Crippen molar-refractivity contribution in [1.29, 1.82) is 0 Å². The van der Waals surface area contributed by atoms with E-state index in [1.54, 1.807) is 0 Å². The van der Waals surface area contributed by atoms with Crippen LogP contribution in [0.15, 0.2) is 6.07 Å². The average Bonchev–Trinajstić information content (AvgIpc) is 2.28. The summed E-state index contributed by atoms with van der Waals surface area (Å²) in [5.74, 6) is 0.509. The summed E-state index contributed by atoms with van der Waals surface area (Å²) < 4.78 is 0. The Balaban J connectivity index is 2.23. The van der Waals surface area contributed by atoms with E-state index in [4.69, 9.17) is 11.6 Å². The third-order valence-electron chi connectivity index (χ3n) is 3.43. The van der Waals surface area contributed by atoms with Crippen molar-refractivity contribution in [3.05, 3.63) is 23.0 Å². The van der Waals surface area contributed by atoms with E-state index in [1.807, 2.05) is 24.8 Å². The number of hydrogen-bond acceptors (Lipinski definition) is 3. The van der Waals surface area contributed by atoms with Gasteiger partial charge in [0.25, 0.3) is 5.91 Å². The minimum absolute atomic E-state index is 0.0378. The number of carbonyl (C=O) groups excluding carboxylic acids is 1. The molecule has 1 aliphatic rings. The topological polar surface area (TPSA) is 46.1 Å². The molecule has 4 nitrogen and oxygen atoms in total. The van der Waals surface area contributed by atoms with Crippen LogP contribution in [-0.2, 0) is 0 Å². The Hall–Kier alpha value is -1.16. The molecule has 1 fully saturated rings. The molecule has 18 heavy (non-hydrogen) atoms. The van der Waals surface area contributed by atoms with E-state index in [0.29, 0.717) is 29.7 Å². The minimum atomic E-state index is 0.0378. The second kappa shape index (κ2) is 5.65. The molecule has 1 aromatic rings. The summed E-state index contributed by atoms with van der Waals surface area (Å²) in [7, 11) is 0. The van der Waals surface area contributed by atoms with Gasteiger partial charge in [-0.15, -0.1) is 11.6 Å². The number of amides is 1. The third kappa shape index (κ3) is 2.64. The fourth-order valence-electron chi connectivity index (χ4n) is 2.16. The van der Waals surface area contributed by atoms with Crippen LogP contribution in [0.5, 0.6) is 0 Å². The number of nitrogens with zero attached hydrogens (tertiary/aromatic N) is 3. The highest BCUT2D eigenvalue weighted by atomic mass is 35.5. The summed E-state index contributed by atoms with van der Waals surface area (Å²) in [6.07, 6.45) is 3.36. The van der Waals surface area contributed by atoms with Crippen molar-refractivity contribution in [2.45, 2.75) is 39.2 Å². The number of aryl methyl sites for hydroxylation is 2. The molecule has 0 unspecified atom stereocenters. The Bertz CT molecular complexity index is 446. The van der Waals surface area contributed by atoms with Gasteiger partial charge in [0, 0.05) is 18.5 Å². The zero-order chi connectivity index (χ0) is 13.1. The van der Waals surface area contributed by atoms with Gasteiger partial charge in [-0.3, -0.25) is 4.79 Å². The van der Waals surface area contributed by atoms with Gasteiger partial charge in [-0.25, -0.2) is 0 Å². The third-order valence-corrected chi connectivity index (χ3v) is 3.60. The van der Waals surface area contributed by atoms with Gasteiger partial charge in [-0.2, -0.15) is 10.2 Å². The molecule has 2 rings (SSSR count). The molecule has 1 saturated carbocycles. The monoisotopic (exact) mass is 267 g/mol. The Morgan fingerprint density at radius 3 is 2.72 bits per heavy atom. The van der Waals surface area contributed by atoms with Crippen LogP contribution in [0.3, 0.4) is 0 Å². The van der Waals surface area contributed by atoms with Gasteiger partial charge in [0.2, 0.25) is 0 Å². The molecular weight excluding hydrogens is 250 g/mol. The van der Waals surface area contributed by atoms with Gasteiger partial charge in [-0.1, -0.05) is 0 Å². The lowest BCUT2D eigenvalue weighted by atomic mass is 9.91. The lowest BCUT2D eigenvalue weighted by Crippen LogP contribution is -2.45. The van der Waals surface area contributed by atoms with Crippen LogP contribution in [-0.4, -0.2) is 39.5 Å². The molecule has 1 aliphatic carbocycles. The molecule has 0 saturated heterocycles. The molecule has 5 heteroatoms. The molecule has 0 aromatic carbocycles. The van der Waals surface area contributed by atoms with E-state index in [2.05, 4.69) is 10.2 Å². The van der Waals surface area contributed by atoms with Crippen molar-refractivity contribution < 1.29 is 4.79 Å². The van der Waals surface area contributed by atoms with E-state index in [-0.39, 0.29) is 5.91 Å². The maximum atomic E-state index is 12.5. The Labute approximate surface area is 112 Å². The lowest BCUT2D eigenvalue weighted by molar-refractivity contribution is 0.0596. The van der Waals surface area contributed by atoms with Crippen molar-refractivity contribution in [2.24, 2.45) is 0 Å². The molecule has 98 valence electrons. The molecule has 1 amide bonds. The zero-order valence-corrected chi connectivity index (χ0v) is 11.6. The predicted octanol–water partition coefficient (Wildman–Crippen LogP) is 2.33. The molecule has 0 N–H and O–H groups in total. The highest BCUT2D eigenvalue weighted by Gasteiger charge is 2.29. The first-order valence-electron chi connectivity index (χ1n) is 6.31. The number of aromatic nitrogens is 2. The summed E-state index contributed by atoms with van der Waals surface area (Å²) in [5, 5.41) is 7.97. The Kier molecular flexibility index (Phi) is 4.17. The second-order valence-electron chi connectivity index (χ2n) is 4.76. The largest absolute Gasteiger partial charge is 0.334 e. The van der Waals surface area contributed by atoms with Crippen molar-refractivity contribution in [3.8, 4) is 0 Å². The van der Waals surface area contributed by atoms with E-state index < -0.39 is 0 Å². The standard InChI is InChI=1S/C13H18ClN3O/c1-9-8-12(10(2)16-15-9)13(18)17(7-6-14)11-4-3-5-11/h8,11H,3-7H2,1-2H3.